The highest BCUT2D eigenvalue weighted by atomic mass is 16.2. The van der Waals surface area contributed by atoms with Gasteiger partial charge in [-0.2, -0.15) is 0 Å². The molecule has 0 radical (unpaired) electrons. The van der Waals surface area contributed by atoms with Gasteiger partial charge in [0.1, 0.15) is 6.54 Å². The number of hydrogen-bond acceptors (Lipinski definition) is 2. The number of urea groups is 1. The Bertz CT molecular complexity index is 1190. The number of amides is 3. The Labute approximate surface area is 214 Å². The van der Waals surface area contributed by atoms with Crippen molar-refractivity contribution in [1.82, 2.24) is 14.4 Å². The molecule has 190 valence electrons. The van der Waals surface area contributed by atoms with E-state index in [4.69, 9.17) is 0 Å². The summed E-state index contributed by atoms with van der Waals surface area (Å²) in [6.45, 7) is 12.3. The molecule has 4 rings (SSSR count). The van der Waals surface area contributed by atoms with Crippen molar-refractivity contribution in [2.75, 3.05) is 25.0 Å². The summed E-state index contributed by atoms with van der Waals surface area (Å²) in [5, 5.41) is 3.06. The smallest absolute Gasteiger partial charge is 0.322 e. The molecule has 0 saturated heterocycles. The van der Waals surface area contributed by atoms with Crippen LogP contribution in [-0.2, 0) is 11.3 Å². The molecule has 1 atom stereocenters. The molecule has 0 aliphatic carbocycles. The van der Waals surface area contributed by atoms with Crippen LogP contribution in [0.2, 0.25) is 0 Å². The molecule has 36 heavy (non-hydrogen) atoms. The average molecular weight is 487 g/mol. The summed E-state index contributed by atoms with van der Waals surface area (Å²) in [5.74, 6) is 0.412. The summed E-state index contributed by atoms with van der Waals surface area (Å²) in [6, 6.07) is 18.3. The first-order valence-electron chi connectivity index (χ1n) is 13.0. The van der Waals surface area contributed by atoms with E-state index in [1.807, 2.05) is 49.9 Å². The minimum Gasteiger partial charge on any atom is -0.348 e. The normalized spacial score (nSPS) is 15.1. The van der Waals surface area contributed by atoms with Gasteiger partial charge in [0, 0.05) is 37.2 Å². The van der Waals surface area contributed by atoms with E-state index in [2.05, 4.69) is 60.3 Å². The van der Waals surface area contributed by atoms with Crippen LogP contribution in [0.5, 0.6) is 0 Å². The number of benzene rings is 2. The minimum atomic E-state index is -0.235. The van der Waals surface area contributed by atoms with Crippen LogP contribution in [0.4, 0.5) is 10.5 Å². The first-order valence-corrected chi connectivity index (χ1v) is 13.0. The van der Waals surface area contributed by atoms with Crippen LogP contribution < -0.4 is 5.32 Å². The number of anilines is 1. The molecular formula is C30H38N4O2. The van der Waals surface area contributed by atoms with E-state index in [-0.39, 0.29) is 24.5 Å². The lowest BCUT2D eigenvalue weighted by Crippen LogP contribution is -2.49. The van der Waals surface area contributed by atoms with Gasteiger partial charge in [-0.1, -0.05) is 63.2 Å². The minimum absolute atomic E-state index is 0.0366. The molecule has 1 aliphatic rings. The molecule has 2 heterocycles. The monoisotopic (exact) mass is 486 g/mol. The Morgan fingerprint density at radius 3 is 2.33 bits per heavy atom. The van der Waals surface area contributed by atoms with Gasteiger partial charge in [0.15, 0.2) is 0 Å². The number of carbonyl (C=O) groups is 2. The lowest BCUT2D eigenvalue weighted by atomic mass is 9.95. The number of para-hydroxylation sites is 1. The molecule has 0 fully saturated rings. The number of nitrogens with one attached hydrogen (secondary N) is 1. The van der Waals surface area contributed by atoms with Crippen molar-refractivity contribution in [3.05, 3.63) is 88.7 Å². The summed E-state index contributed by atoms with van der Waals surface area (Å²) in [4.78, 5) is 30.6. The molecule has 1 unspecified atom stereocenters. The third-order valence-corrected chi connectivity index (χ3v) is 7.10. The third kappa shape index (κ3) is 5.32. The Hall–Kier alpha value is -3.54. The number of aryl methyl sites for hydroxylation is 2. The van der Waals surface area contributed by atoms with Crippen molar-refractivity contribution in [2.24, 2.45) is 0 Å². The highest BCUT2D eigenvalue weighted by Crippen LogP contribution is 2.33. The number of nitrogens with zero attached hydrogens (tertiary/aromatic N) is 3. The van der Waals surface area contributed by atoms with Gasteiger partial charge < -0.3 is 19.7 Å². The van der Waals surface area contributed by atoms with Gasteiger partial charge in [0.05, 0.1) is 6.04 Å². The summed E-state index contributed by atoms with van der Waals surface area (Å²) in [7, 11) is 0. The molecule has 3 amide bonds. The van der Waals surface area contributed by atoms with Crippen molar-refractivity contribution in [1.29, 1.82) is 0 Å². The second-order valence-electron chi connectivity index (χ2n) is 10.1. The van der Waals surface area contributed by atoms with Crippen LogP contribution in [0.15, 0.2) is 60.8 Å². The fourth-order valence-corrected chi connectivity index (χ4v) is 5.04. The lowest BCUT2D eigenvalue weighted by molar-refractivity contribution is -0.134. The second kappa shape index (κ2) is 11.0. The van der Waals surface area contributed by atoms with E-state index in [1.54, 1.807) is 4.90 Å². The van der Waals surface area contributed by atoms with E-state index in [1.165, 1.54) is 5.56 Å². The molecule has 2 aromatic carbocycles. The first-order chi connectivity index (χ1) is 17.3. The fourth-order valence-electron chi connectivity index (χ4n) is 5.04. The number of fused-ring (bicyclic) bond motifs is 1. The molecule has 6 heteroatoms. The van der Waals surface area contributed by atoms with Crippen molar-refractivity contribution in [3.8, 4) is 0 Å². The first kappa shape index (κ1) is 25.5. The van der Waals surface area contributed by atoms with Crippen molar-refractivity contribution in [2.45, 2.75) is 59.5 Å². The zero-order valence-electron chi connectivity index (χ0n) is 22.1. The maximum Gasteiger partial charge on any atom is 0.322 e. The van der Waals surface area contributed by atoms with Crippen LogP contribution in [0.3, 0.4) is 0 Å². The Balaban J connectivity index is 1.57. The number of hydrogen-bond donors (Lipinski definition) is 1. The molecule has 1 aliphatic heterocycles. The van der Waals surface area contributed by atoms with Crippen molar-refractivity contribution >= 4 is 17.6 Å². The molecule has 6 nitrogen and oxygen atoms in total. The van der Waals surface area contributed by atoms with E-state index < -0.39 is 0 Å². The predicted molar refractivity (Wildman–Crippen MR) is 145 cm³/mol. The van der Waals surface area contributed by atoms with Crippen molar-refractivity contribution < 1.29 is 9.59 Å². The molecule has 0 bridgehead atoms. The number of carbonyl (C=O) groups excluding carboxylic acids is 2. The summed E-state index contributed by atoms with van der Waals surface area (Å²) in [6.07, 6.45) is 2.85. The lowest BCUT2D eigenvalue weighted by Gasteiger charge is -2.38. The predicted octanol–water partition coefficient (Wildman–Crippen LogP) is 6.10. The van der Waals surface area contributed by atoms with Crippen LogP contribution in [0.25, 0.3) is 0 Å². The molecule has 0 spiro atoms. The van der Waals surface area contributed by atoms with Gasteiger partial charge in [0.25, 0.3) is 0 Å². The number of aromatic nitrogens is 1. The van der Waals surface area contributed by atoms with Gasteiger partial charge in [-0.3, -0.25) is 4.79 Å². The number of rotatable bonds is 7. The van der Waals surface area contributed by atoms with E-state index >= 15 is 0 Å². The Morgan fingerprint density at radius 2 is 1.69 bits per heavy atom. The van der Waals surface area contributed by atoms with Crippen LogP contribution >= 0.6 is 0 Å². The second-order valence-corrected chi connectivity index (χ2v) is 10.1. The highest BCUT2D eigenvalue weighted by Gasteiger charge is 2.33. The summed E-state index contributed by atoms with van der Waals surface area (Å²) >= 11 is 0. The SMILES string of the molecule is CCCN(CC(=O)N1CCn2cccc2C1c1ccc(C(C)C)cc1)C(=O)Nc1c(C)cccc1C. The van der Waals surface area contributed by atoms with Gasteiger partial charge in [-0.15, -0.1) is 0 Å². The fraction of sp³-hybridized carbons (Fsp3) is 0.400. The van der Waals surface area contributed by atoms with Crippen LogP contribution in [0.1, 0.15) is 67.1 Å². The highest BCUT2D eigenvalue weighted by molar-refractivity contribution is 5.93. The molecule has 3 aromatic rings. The summed E-state index contributed by atoms with van der Waals surface area (Å²) < 4.78 is 2.22. The van der Waals surface area contributed by atoms with Gasteiger partial charge >= 0.3 is 6.03 Å². The van der Waals surface area contributed by atoms with E-state index in [0.717, 1.165) is 41.0 Å². The van der Waals surface area contributed by atoms with Crippen molar-refractivity contribution in [3.63, 3.8) is 0 Å². The van der Waals surface area contributed by atoms with Crippen LogP contribution in [-0.4, -0.2) is 45.9 Å². The van der Waals surface area contributed by atoms with Gasteiger partial charge in [-0.25, -0.2) is 4.79 Å². The Morgan fingerprint density at radius 1 is 1.00 bits per heavy atom. The molecule has 1 aromatic heterocycles. The zero-order chi connectivity index (χ0) is 25.8. The average Bonchev–Trinajstić information content (AvgIpc) is 3.34. The van der Waals surface area contributed by atoms with Crippen LogP contribution in [0, 0.1) is 13.8 Å². The van der Waals surface area contributed by atoms with E-state index in [0.29, 0.717) is 19.0 Å². The maximum atomic E-state index is 13.8. The standard InChI is InChI=1S/C30H38N4O2/c1-6-16-33(30(36)31-28-22(4)9-7-10-23(28)5)20-27(35)34-19-18-32-17-8-11-26(32)29(34)25-14-12-24(13-15-25)21(2)3/h7-15,17,21,29H,6,16,18-20H2,1-5H3,(H,31,36). The quantitative estimate of drug-likeness (QED) is 0.438. The third-order valence-electron chi connectivity index (χ3n) is 7.10. The molecule has 0 saturated carbocycles. The summed E-state index contributed by atoms with van der Waals surface area (Å²) in [5.41, 5.74) is 6.30. The maximum absolute atomic E-state index is 13.8. The largest absolute Gasteiger partial charge is 0.348 e. The topological polar surface area (TPSA) is 57.6 Å². The zero-order valence-corrected chi connectivity index (χ0v) is 22.1. The van der Waals surface area contributed by atoms with E-state index in [9.17, 15) is 9.59 Å². The van der Waals surface area contributed by atoms with Gasteiger partial charge in [-0.05, 0) is 60.6 Å². The Kier molecular flexibility index (Phi) is 7.82. The molecular weight excluding hydrogens is 448 g/mol. The molecule has 1 N–H and O–H groups in total. The van der Waals surface area contributed by atoms with Gasteiger partial charge in [0.2, 0.25) is 5.91 Å².